The molecule has 0 aliphatic carbocycles. The first-order valence-corrected chi connectivity index (χ1v) is 11.1. The number of carbonyl (C=O) groups excluding carboxylic acids is 3. The molecular formula is C26H30ClN3O4. The number of carbonyl (C=O) groups is 3. The van der Waals surface area contributed by atoms with E-state index in [1.54, 1.807) is 57.2 Å². The van der Waals surface area contributed by atoms with E-state index in [1.807, 2.05) is 13.0 Å². The van der Waals surface area contributed by atoms with Gasteiger partial charge >= 0.3 is 6.09 Å². The fraction of sp³-hybridized carbons (Fsp3) is 0.346. The molecule has 180 valence electrons. The Morgan fingerprint density at radius 2 is 1.74 bits per heavy atom. The lowest BCUT2D eigenvalue weighted by Crippen LogP contribution is -2.49. The van der Waals surface area contributed by atoms with Gasteiger partial charge in [0.15, 0.2) is 0 Å². The van der Waals surface area contributed by atoms with Crippen molar-refractivity contribution in [2.45, 2.75) is 52.3 Å². The number of nitrogens with one attached hydrogen (secondary N) is 2. The van der Waals surface area contributed by atoms with Crippen molar-refractivity contribution in [1.82, 2.24) is 10.2 Å². The molecule has 2 rings (SSSR count). The van der Waals surface area contributed by atoms with E-state index in [1.165, 1.54) is 18.9 Å². The highest BCUT2D eigenvalue weighted by atomic mass is 35.5. The average molecular weight is 484 g/mol. The molecule has 0 saturated carbocycles. The van der Waals surface area contributed by atoms with Gasteiger partial charge < -0.3 is 20.3 Å². The zero-order valence-electron chi connectivity index (χ0n) is 20.2. The van der Waals surface area contributed by atoms with E-state index in [9.17, 15) is 14.4 Å². The Bertz CT molecular complexity index is 1080. The van der Waals surface area contributed by atoms with Gasteiger partial charge in [-0.25, -0.2) is 4.79 Å². The number of aryl methyl sites for hydroxylation is 1. The molecule has 0 aromatic heterocycles. The predicted molar refractivity (Wildman–Crippen MR) is 134 cm³/mol. The number of amides is 3. The fourth-order valence-corrected chi connectivity index (χ4v) is 3.54. The lowest BCUT2D eigenvalue weighted by atomic mass is 10.0. The molecule has 0 aliphatic heterocycles. The summed E-state index contributed by atoms with van der Waals surface area (Å²) >= 11 is 6.29. The first-order chi connectivity index (χ1) is 15.8. The Morgan fingerprint density at radius 3 is 2.26 bits per heavy atom. The predicted octanol–water partition coefficient (Wildman–Crippen LogP) is 4.68. The average Bonchev–Trinajstić information content (AvgIpc) is 2.75. The number of likely N-dealkylation sites (N-methyl/N-ethyl adjacent to an activating group) is 1. The summed E-state index contributed by atoms with van der Waals surface area (Å²) in [5.74, 6) is 1.58. The zero-order valence-corrected chi connectivity index (χ0v) is 21.0. The normalized spacial score (nSPS) is 12.6. The molecule has 2 aromatic rings. The number of rotatable bonds is 6. The first kappa shape index (κ1) is 26.7. The lowest BCUT2D eigenvalue weighted by molar-refractivity contribution is -0.138. The number of halogens is 1. The third-order valence-electron chi connectivity index (χ3n) is 4.95. The molecule has 0 fully saturated rings. The van der Waals surface area contributed by atoms with Crippen LogP contribution in [0.5, 0.6) is 0 Å². The number of para-hydroxylation sites is 1. The highest BCUT2D eigenvalue weighted by molar-refractivity contribution is 6.34. The largest absolute Gasteiger partial charge is 0.444 e. The van der Waals surface area contributed by atoms with Gasteiger partial charge in [-0.2, -0.15) is 0 Å². The molecular weight excluding hydrogens is 454 g/mol. The molecule has 0 saturated heterocycles. The summed E-state index contributed by atoms with van der Waals surface area (Å²) in [5, 5.41) is 5.73. The van der Waals surface area contributed by atoms with E-state index in [0.717, 1.165) is 5.56 Å². The minimum Gasteiger partial charge on any atom is -0.444 e. The fourth-order valence-electron chi connectivity index (χ4n) is 3.27. The molecule has 0 aliphatic rings. The number of anilines is 1. The van der Waals surface area contributed by atoms with Crippen molar-refractivity contribution in [3.05, 3.63) is 64.2 Å². The first-order valence-electron chi connectivity index (χ1n) is 10.7. The number of nitrogens with zero attached hydrogens (tertiary/aromatic N) is 1. The second-order valence-corrected chi connectivity index (χ2v) is 9.31. The monoisotopic (exact) mass is 483 g/mol. The van der Waals surface area contributed by atoms with E-state index in [0.29, 0.717) is 21.8 Å². The molecule has 0 spiro atoms. The van der Waals surface area contributed by atoms with Gasteiger partial charge in [0, 0.05) is 12.6 Å². The van der Waals surface area contributed by atoms with Crippen molar-refractivity contribution < 1.29 is 19.1 Å². The van der Waals surface area contributed by atoms with Gasteiger partial charge in [0.05, 0.1) is 10.7 Å². The van der Waals surface area contributed by atoms with Crippen LogP contribution in [0.25, 0.3) is 0 Å². The Hall–Kier alpha value is -3.50. The van der Waals surface area contributed by atoms with Gasteiger partial charge in [0.25, 0.3) is 5.91 Å². The topological polar surface area (TPSA) is 87.7 Å². The standard InChI is InChI=1S/C26H30ClN3O4/c1-8-18-12-14-19(15-13-18)22(23(31)29-21-16(2)10-9-11-20(21)27)30(7)24(32)17(3)28-25(33)34-26(4,5)6/h1,9-15,17,22H,2-7H3,(H,28,33)(H,29,31). The SMILES string of the molecule is C#Cc1ccc(C(C(=O)Nc2c(C)cccc2Cl)N(C)C(=O)C(C)NC(=O)OC(C)(C)C)cc1. The number of benzene rings is 2. The molecule has 0 radical (unpaired) electrons. The highest BCUT2D eigenvalue weighted by Crippen LogP contribution is 2.28. The highest BCUT2D eigenvalue weighted by Gasteiger charge is 2.32. The van der Waals surface area contributed by atoms with Crippen molar-refractivity contribution in [3.63, 3.8) is 0 Å². The summed E-state index contributed by atoms with van der Waals surface area (Å²) in [7, 11) is 1.49. The van der Waals surface area contributed by atoms with Crippen molar-refractivity contribution >= 4 is 35.2 Å². The molecule has 2 aromatic carbocycles. The second kappa shape index (κ2) is 11.1. The third kappa shape index (κ3) is 7.00. The summed E-state index contributed by atoms with van der Waals surface area (Å²) in [6.07, 6.45) is 4.72. The number of hydrogen-bond acceptors (Lipinski definition) is 4. The van der Waals surface area contributed by atoms with E-state index in [-0.39, 0.29) is 0 Å². The van der Waals surface area contributed by atoms with Crippen LogP contribution in [0, 0.1) is 19.3 Å². The maximum Gasteiger partial charge on any atom is 0.408 e. The second-order valence-electron chi connectivity index (χ2n) is 8.91. The number of hydrogen-bond donors (Lipinski definition) is 2. The van der Waals surface area contributed by atoms with Gasteiger partial charge in [-0.15, -0.1) is 6.42 Å². The van der Waals surface area contributed by atoms with Crippen molar-refractivity contribution in [3.8, 4) is 12.3 Å². The van der Waals surface area contributed by atoms with Gasteiger partial charge in [-0.3, -0.25) is 9.59 Å². The van der Waals surface area contributed by atoms with Crippen LogP contribution in [0.15, 0.2) is 42.5 Å². The van der Waals surface area contributed by atoms with Crippen molar-refractivity contribution in [2.24, 2.45) is 0 Å². The summed E-state index contributed by atoms with van der Waals surface area (Å²) in [4.78, 5) is 40.0. The smallest absolute Gasteiger partial charge is 0.408 e. The number of terminal acetylenes is 1. The van der Waals surface area contributed by atoms with Crippen LogP contribution in [0.1, 0.15) is 50.4 Å². The summed E-state index contributed by atoms with van der Waals surface area (Å²) in [6, 6.07) is 10.1. The molecule has 2 atom stereocenters. The molecule has 0 bridgehead atoms. The van der Waals surface area contributed by atoms with E-state index >= 15 is 0 Å². The maximum absolute atomic E-state index is 13.4. The van der Waals surface area contributed by atoms with Gasteiger partial charge in [-0.05, 0) is 63.9 Å². The van der Waals surface area contributed by atoms with Crippen LogP contribution in [-0.4, -0.2) is 41.5 Å². The molecule has 8 heteroatoms. The Labute approximate surface area is 205 Å². The van der Waals surface area contributed by atoms with Crippen LogP contribution in [0.3, 0.4) is 0 Å². The van der Waals surface area contributed by atoms with Gasteiger partial charge in [0.1, 0.15) is 17.7 Å². The lowest BCUT2D eigenvalue weighted by Gasteiger charge is -2.30. The Balaban J connectivity index is 2.34. The van der Waals surface area contributed by atoms with E-state index < -0.39 is 35.6 Å². The molecule has 7 nitrogen and oxygen atoms in total. The molecule has 2 unspecified atom stereocenters. The van der Waals surface area contributed by atoms with Crippen LogP contribution in [-0.2, 0) is 14.3 Å². The molecule has 3 amide bonds. The quantitative estimate of drug-likeness (QED) is 0.584. The minimum atomic E-state index is -1.02. The third-order valence-corrected chi connectivity index (χ3v) is 5.27. The summed E-state index contributed by atoms with van der Waals surface area (Å²) in [6.45, 7) is 8.52. The molecule has 34 heavy (non-hydrogen) atoms. The van der Waals surface area contributed by atoms with Crippen LogP contribution < -0.4 is 10.6 Å². The Morgan fingerprint density at radius 1 is 1.12 bits per heavy atom. The maximum atomic E-state index is 13.4. The number of ether oxygens (including phenoxy) is 1. The zero-order chi connectivity index (χ0) is 25.6. The van der Waals surface area contributed by atoms with Crippen LogP contribution >= 0.6 is 11.6 Å². The van der Waals surface area contributed by atoms with Crippen LogP contribution in [0.4, 0.5) is 10.5 Å². The number of alkyl carbamates (subject to hydrolysis) is 1. The van der Waals surface area contributed by atoms with E-state index in [2.05, 4.69) is 16.6 Å². The van der Waals surface area contributed by atoms with Gasteiger partial charge in [-0.1, -0.05) is 41.8 Å². The van der Waals surface area contributed by atoms with Crippen LogP contribution in [0.2, 0.25) is 5.02 Å². The van der Waals surface area contributed by atoms with E-state index in [4.69, 9.17) is 22.8 Å². The molecule has 0 heterocycles. The summed E-state index contributed by atoms with van der Waals surface area (Å²) in [5.41, 5.74) is 1.70. The van der Waals surface area contributed by atoms with Gasteiger partial charge in [0.2, 0.25) is 5.91 Å². The van der Waals surface area contributed by atoms with Crippen molar-refractivity contribution in [2.75, 3.05) is 12.4 Å². The molecule has 2 N–H and O–H groups in total. The summed E-state index contributed by atoms with van der Waals surface area (Å²) < 4.78 is 5.23. The van der Waals surface area contributed by atoms with Crippen molar-refractivity contribution in [1.29, 1.82) is 0 Å². The minimum absolute atomic E-state index is 0.378. The Kier molecular flexibility index (Phi) is 8.72.